The summed E-state index contributed by atoms with van der Waals surface area (Å²) in [6.07, 6.45) is 3.63. The van der Waals surface area contributed by atoms with Gasteiger partial charge in [0.25, 0.3) is 0 Å². The Kier molecular flexibility index (Phi) is 10.1. The molecule has 2 atom stereocenters. The molecule has 3 N–H and O–H groups in total. The van der Waals surface area contributed by atoms with Gasteiger partial charge >= 0.3 is 8.80 Å². The summed E-state index contributed by atoms with van der Waals surface area (Å²) in [4.78, 5) is 0. The molecule has 0 fully saturated rings. The van der Waals surface area contributed by atoms with Gasteiger partial charge < -0.3 is 24.3 Å². The van der Waals surface area contributed by atoms with E-state index >= 15 is 0 Å². The molecule has 0 bridgehead atoms. The third-order valence-corrected chi connectivity index (χ3v) is 6.79. The van der Waals surface area contributed by atoms with Crippen LogP contribution in [-0.4, -0.2) is 42.2 Å². The zero-order chi connectivity index (χ0) is 17.8. The molecule has 0 aromatic heterocycles. The molecule has 0 saturated heterocycles. The second-order valence-electron chi connectivity index (χ2n) is 5.89. The van der Waals surface area contributed by atoms with Gasteiger partial charge in [-0.1, -0.05) is 36.4 Å². The normalized spacial score (nSPS) is 14.3. The average Bonchev–Trinajstić information content (AvgIpc) is 2.61. The molecule has 0 heterocycles. The molecule has 0 amide bonds. The van der Waals surface area contributed by atoms with Crippen LogP contribution in [0.5, 0.6) is 0 Å². The standard InChI is InChI=1S/C18H32N2O3Si/c1-5-18(17-10-7-6-8-11-17)20-13-9-15-24(21-3,22-4)23-14-12-16(2)19/h5-8,10-11,16,18,20H,1,9,12-15,19H2,2-4H3. The summed E-state index contributed by atoms with van der Waals surface area (Å²) in [7, 11) is 0.723. The molecule has 0 spiro atoms. The van der Waals surface area contributed by atoms with Crippen LogP contribution in [0.1, 0.15) is 31.4 Å². The maximum atomic E-state index is 5.92. The van der Waals surface area contributed by atoms with Gasteiger partial charge in [0, 0.05) is 32.9 Å². The van der Waals surface area contributed by atoms with Crippen LogP contribution in [0.4, 0.5) is 0 Å². The lowest BCUT2D eigenvalue weighted by molar-refractivity contribution is 0.0950. The van der Waals surface area contributed by atoms with Crippen molar-refractivity contribution in [1.29, 1.82) is 0 Å². The van der Waals surface area contributed by atoms with E-state index in [1.165, 1.54) is 5.56 Å². The van der Waals surface area contributed by atoms with Gasteiger partial charge in [-0.3, -0.25) is 0 Å². The van der Waals surface area contributed by atoms with Crippen LogP contribution >= 0.6 is 0 Å². The molecule has 1 aromatic rings. The summed E-state index contributed by atoms with van der Waals surface area (Å²) in [6.45, 7) is 7.29. The Bertz CT molecular complexity index is 453. The first kappa shape index (κ1) is 21.0. The number of nitrogens with two attached hydrogens (primary N) is 1. The number of hydrogen-bond donors (Lipinski definition) is 2. The van der Waals surface area contributed by atoms with Gasteiger partial charge in [-0.05, 0) is 31.9 Å². The minimum Gasteiger partial charge on any atom is -0.377 e. The molecule has 2 unspecified atom stereocenters. The SMILES string of the molecule is C=CC(NCCC[Si](OC)(OC)OCCC(C)N)c1ccccc1. The minimum absolute atomic E-state index is 0.117. The summed E-state index contributed by atoms with van der Waals surface area (Å²) in [6, 6.07) is 11.3. The molecule has 5 nitrogen and oxygen atoms in total. The van der Waals surface area contributed by atoms with Crippen LogP contribution < -0.4 is 11.1 Å². The Balaban J connectivity index is 2.42. The van der Waals surface area contributed by atoms with Crippen LogP contribution in [0.15, 0.2) is 43.0 Å². The number of benzene rings is 1. The van der Waals surface area contributed by atoms with Gasteiger partial charge in [0.05, 0.1) is 6.04 Å². The van der Waals surface area contributed by atoms with E-state index in [9.17, 15) is 0 Å². The van der Waals surface area contributed by atoms with Gasteiger partial charge in [0.15, 0.2) is 0 Å². The first-order valence-corrected chi connectivity index (χ1v) is 10.4. The highest BCUT2D eigenvalue weighted by atomic mass is 28.4. The fraction of sp³-hybridized carbons (Fsp3) is 0.556. The lowest BCUT2D eigenvalue weighted by atomic mass is 10.1. The molecule has 0 saturated carbocycles. The van der Waals surface area contributed by atoms with Gasteiger partial charge in [0.1, 0.15) is 0 Å². The van der Waals surface area contributed by atoms with E-state index in [2.05, 4.69) is 24.0 Å². The maximum absolute atomic E-state index is 5.92. The van der Waals surface area contributed by atoms with Gasteiger partial charge in [0.2, 0.25) is 0 Å². The Morgan fingerprint density at radius 2 is 1.92 bits per heavy atom. The summed E-state index contributed by atoms with van der Waals surface area (Å²) in [5, 5.41) is 3.50. The lowest BCUT2D eigenvalue weighted by Gasteiger charge is -2.27. The number of hydrogen-bond acceptors (Lipinski definition) is 5. The fourth-order valence-corrected chi connectivity index (χ4v) is 4.43. The second kappa shape index (κ2) is 11.5. The van der Waals surface area contributed by atoms with Crippen molar-refractivity contribution in [2.24, 2.45) is 5.73 Å². The van der Waals surface area contributed by atoms with Crippen molar-refractivity contribution < 1.29 is 13.3 Å². The van der Waals surface area contributed by atoms with E-state index < -0.39 is 8.80 Å². The highest BCUT2D eigenvalue weighted by molar-refractivity contribution is 6.60. The predicted molar refractivity (Wildman–Crippen MR) is 101 cm³/mol. The molecule has 1 aromatic carbocycles. The van der Waals surface area contributed by atoms with Crippen molar-refractivity contribution in [2.45, 2.75) is 37.9 Å². The van der Waals surface area contributed by atoms with Crippen LogP contribution in [0, 0.1) is 0 Å². The quantitative estimate of drug-likeness (QED) is 0.325. The van der Waals surface area contributed by atoms with Gasteiger partial charge in [-0.2, -0.15) is 0 Å². The van der Waals surface area contributed by atoms with Crippen molar-refractivity contribution >= 4 is 8.80 Å². The van der Waals surface area contributed by atoms with Crippen LogP contribution in [0.25, 0.3) is 0 Å². The van der Waals surface area contributed by atoms with Crippen molar-refractivity contribution in [3.63, 3.8) is 0 Å². The van der Waals surface area contributed by atoms with Crippen LogP contribution in [0.3, 0.4) is 0 Å². The molecule has 24 heavy (non-hydrogen) atoms. The summed E-state index contributed by atoms with van der Waals surface area (Å²) in [5.74, 6) is 0. The molecule has 0 aliphatic heterocycles. The van der Waals surface area contributed by atoms with E-state index in [4.69, 9.17) is 19.0 Å². The molecular formula is C18H32N2O3Si. The Morgan fingerprint density at radius 1 is 1.25 bits per heavy atom. The maximum Gasteiger partial charge on any atom is 0.500 e. The lowest BCUT2D eigenvalue weighted by Crippen LogP contribution is -2.45. The molecule has 0 aliphatic carbocycles. The van der Waals surface area contributed by atoms with Crippen LogP contribution in [-0.2, 0) is 13.3 Å². The smallest absolute Gasteiger partial charge is 0.377 e. The molecule has 136 valence electrons. The molecule has 6 heteroatoms. The highest BCUT2D eigenvalue weighted by Gasteiger charge is 2.38. The van der Waals surface area contributed by atoms with E-state index in [0.717, 1.165) is 25.4 Å². The predicted octanol–water partition coefficient (Wildman–Crippen LogP) is 2.88. The summed E-state index contributed by atoms with van der Waals surface area (Å²) < 4.78 is 17.1. The van der Waals surface area contributed by atoms with E-state index in [-0.39, 0.29) is 12.1 Å². The van der Waals surface area contributed by atoms with E-state index in [1.807, 2.05) is 31.2 Å². The van der Waals surface area contributed by atoms with E-state index in [1.54, 1.807) is 14.2 Å². The summed E-state index contributed by atoms with van der Waals surface area (Å²) in [5.41, 5.74) is 6.98. The second-order valence-corrected chi connectivity index (χ2v) is 8.86. The topological polar surface area (TPSA) is 65.7 Å². The van der Waals surface area contributed by atoms with Crippen LogP contribution in [0.2, 0.25) is 6.04 Å². The monoisotopic (exact) mass is 352 g/mol. The number of nitrogens with one attached hydrogen (secondary N) is 1. The van der Waals surface area contributed by atoms with Crippen molar-refractivity contribution in [1.82, 2.24) is 5.32 Å². The Morgan fingerprint density at radius 3 is 2.46 bits per heavy atom. The third kappa shape index (κ3) is 7.25. The first-order chi connectivity index (χ1) is 11.6. The first-order valence-electron chi connectivity index (χ1n) is 8.47. The molecular weight excluding hydrogens is 320 g/mol. The fourth-order valence-electron chi connectivity index (χ4n) is 2.44. The third-order valence-electron chi connectivity index (χ3n) is 3.94. The number of rotatable bonds is 13. The Labute approximate surface area is 147 Å². The molecule has 0 aliphatic rings. The highest BCUT2D eigenvalue weighted by Crippen LogP contribution is 2.18. The molecule has 1 rings (SSSR count). The summed E-state index contributed by atoms with van der Waals surface area (Å²) >= 11 is 0. The van der Waals surface area contributed by atoms with Crippen molar-refractivity contribution in [3.05, 3.63) is 48.6 Å². The zero-order valence-electron chi connectivity index (χ0n) is 15.2. The molecule has 0 radical (unpaired) electrons. The van der Waals surface area contributed by atoms with Gasteiger partial charge in [-0.15, -0.1) is 6.58 Å². The largest absolute Gasteiger partial charge is 0.500 e. The zero-order valence-corrected chi connectivity index (χ0v) is 16.2. The Hall–Kier alpha value is -1.02. The minimum atomic E-state index is -2.59. The van der Waals surface area contributed by atoms with Crippen molar-refractivity contribution in [3.8, 4) is 0 Å². The van der Waals surface area contributed by atoms with E-state index in [0.29, 0.717) is 6.61 Å². The van der Waals surface area contributed by atoms with Crippen molar-refractivity contribution in [2.75, 3.05) is 27.4 Å². The average molecular weight is 353 g/mol. The van der Waals surface area contributed by atoms with Gasteiger partial charge in [-0.25, -0.2) is 0 Å².